The molecule has 0 aliphatic carbocycles. The number of anilines is 1. The Morgan fingerprint density at radius 3 is 2.83 bits per heavy atom. The highest BCUT2D eigenvalue weighted by atomic mass is 79.9. The van der Waals surface area contributed by atoms with Crippen molar-refractivity contribution < 1.29 is 4.74 Å². The molecule has 0 bridgehead atoms. The zero-order valence-corrected chi connectivity index (χ0v) is 12.3. The molecule has 98 valence electrons. The van der Waals surface area contributed by atoms with Crippen molar-refractivity contribution >= 4 is 27.5 Å². The van der Waals surface area contributed by atoms with Crippen molar-refractivity contribution in [2.45, 2.75) is 19.4 Å². The molecule has 0 amide bonds. The monoisotopic (exact) mass is 311 g/mol. The highest BCUT2D eigenvalue weighted by Crippen LogP contribution is 2.28. The van der Waals surface area contributed by atoms with E-state index in [0.717, 1.165) is 28.8 Å². The van der Waals surface area contributed by atoms with Crippen LogP contribution in [0, 0.1) is 5.41 Å². The van der Waals surface area contributed by atoms with Crippen molar-refractivity contribution in [2.75, 3.05) is 24.6 Å². The average molecular weight is 312 g/mol. The molecular formula is C13H18BrN3O. The molecule has 0 unspecified atom stereocenters. The van der Waals surface area contributed by atoms with E-state index in [1.54, 1.807) is 0 Å². The number of morpholine rings is 1. The number of hydrogen-bond donors (Lipinski definition) is 2. The molecule has 1 saturated heterocycles. The van der Waals surface area contributed by atoms with Crippen LogP contribution in [0.3, 0.4) is 0 Å². The van der Waals surface area contributed by atoms with Gasteiger partial charge in [-0.2, -0.15) is 0 Å². The van der Waals surface area contributed by atoms with Gasteiger partial charge in [0.05, 0.1) is 12.2 Å². The summed E-state index contributed by atoms with van der Waals surface area (Å²) in [6.45, 7) is 6.45. The fourth-order valence-electron chi connectivity index (χ4n) is 2.22. The second-order valence-electron chi connectivity index (χ2n) is 5.10. The van der Waals surface area contributed by atoms with Crippen molar-refractivity contribution in [1.82, 2.24) is 0 Å². The number of halogens is 1. The first-order chi connectivity index (χ1) is 8.39. The molecule has 1 aromatic carbocycles. The first-order valence-corrected chi connectivity index (χ1v) is 6.71. The van der Waals surface area contributed by atoms with Crippen molar-refractivity contribution in [3.63, 3.8) is 0 Å². The van der Waals surface area contributed by atoms with Crippen LogP contribution in [0.4, 0.5) is 5.69 Å². The van der Waals surface area contributed by atoms with Gasteiger partial charge in [0.15, 0.2) is 0 Å². The van der Waals surface area contributed by atoms with E-state index in [1.807, 2.05) is 18.2 Å². The first kappa shape index (κ1) is 13.4. The summed E-state index contributed by atoms with van der Waals surface area (Å²) in [7, 11) is 0. The number of ether oxygens (including phenoxy) is 1. The van der Waals surface area contributed by atoms with Gasteiger partial charge in [-0.1, -0.05) is 15.9 Å². The SMILES string of the molecule is CC1(C)CN(c2cc(Br)ccc2C(=N)N)CCO1. The highest BCUT2D eigenvalue weighted by Gasteiger charge is 2.28. The van der Waals surface area contributed by atoms with E-state index in [4.69, 9.17) is 15.9 Å². The van der Waals surface area contributed by atoms with E-state index in [1.165, 1.54) is 0 Å². The number of hydrogen-bond acceptors (Lipinski definition) is 3. The molecule has 0 aromatic heterocycles. The zero-order valence-electron chi connectivity index (χ0n) is 10.7. The van der Waals surface area contributed by atoms with Crippen LogP contribution in [0.5, 0.6) is 0 Å². The molecule has 3 N–H and O–H groups in total. The molecule has 1 aromatic rings. The van der Waals surface area contributed by atoms with Gasteiger partial charge in [-0.05, 0) is 32.0 Å². The van der Waals surface area contributed by atoms with E-state index < -0.39 is 0 Å². The second-order valence-corrected chi connectivity index (χ2v) is 6.02. The smallest absolute Gasteiger partial charge is 0.124 e. The predicted molar refractivity (Wildman–Crippen MR) is 77.4 cm³/mol. The number of nitrogens with one attached hydrogen (secondary N) is 1. The third kappa shape index (κ3) is 2.84. The van der Waals surface area contributed by atoms with E-state index in [0.29, 0.717) is 6.61 Å². The Morgan fingerprint density at radius 2 is 2.22 bits per heavy atom. The number of nitrogens with two attached hydrogens (primary N) is 1. The summed E-state index contributed by atoms with van der Waals surface area (Å²) in [6.07, 6.45) is 0. The summed E-state index contributed by atoms with van der Waals surface area (Å²) in [5, 5.41) is 7.67. The minimum atomic E-state index is -0.172. The van der Waals surface area contributed by atoms with Crippen LogP contribution in [0.15, 0.2) is 22.7 Å². The topological polar surface area (TPSA) is 62.3 Å². The van der Waals surface area contributed by atoms with Crippen LogP contribution in [0.25, 0.3) is 0 Å². The van der Waals surface area contributed by atoms with Gasteiger partial charge in [0, 0.05) is 28.8 Å². The quantitative estimate of drug-likeness (QED) is 0.651. The third-order valence-corrected chi connectivity index (χ3v) is 3.51. The molecule has 1 heterocycles. The van der Waals surface area contributed by atoms with Crippen LogP contribution >= 0.6 is 15.9 Å². The van der Waals surface area contributed by atoms with Crippen LogP contribution in [-0.2, 0) is 4.74 Å². The lowest BCUT2D eigenvalue weighted by molar-refractivity contribution is -0.0277. The van der Waals surface area contributed by atoms with Crippen molar-refractivity contribution in [3.05, 3.63) is 28.2 Å². The lowest BCUT2D eigenvalue weighted by Crippen LogP contribution is -2.48. The van der Waals surface area contributed by atoms with Crippen LogP contribution in [-0.4, -0.2) is 31.1 Å². The lowest BCUT2D eigenvalue weighted by Gasteiger charge is -2.40. The summed E-state index contributed by atoms with van der Waals surface area (Å²) in [5.74, 6) is 0.0989. The van der Waals surface area contributed by atoms with Crippen LogP contribution < -0.4 is 10.6 Å². The lowest BCUT2D eigenvalue weighted by atomic mass is 10.0. The van der Waals surface area contributed by atoms with Crippen LogP contribution in [0.2, 0.25) is 0 Å². The Balaban J connectivity index is 2.37. The standard InChI is InChI=1S/C13H18BrN3O/c1-13(2)8-17(5-6-18-13)11-7-9(14)3-4-10(11)12(15)16/h3-4,7H,5-6,8H2,1-2H3,(H3,15,16). The van der Waals surface area contributed by atoms with E-state index in [9.17, 15) is 0 Å². The number of nitrogen functional groups attached to an aromatic ring is 1. The van der Waals surface area contributed by atoms with Crippen LogP contribution in [0.1, 0.15) is 19.4 Å². The number of benzene rings is 1. The Bertz CT molecular complexity index is 473. The molecule has 0 spiro atoms. The molecule has 2 rings (SSSR count). The molecule has 0 atom stereocenters. The summed E-state index contributed by atoms with van der Waals surface area (Å²) in [5.41, 5.74) is 7.24. The number of amidine groups is 1. The van der Waals surface area contributed by atoms with Crippen molar-refractivity contribution in [2.24, 2.45) is 5.73 Å². The average Bonchev–Trinajstić information content (AvgIpc) is 2.27. The van der Waals surface area contributed by atoms with E-state index >= 15 is 0 Å². The predicted octanol–water partition coefficient (Wildman–Crippen LogP) is 2.35. The number of nitrogens with zero attached hydrogens (tertiary/aromatic N) is 1. The minimum Gasteiger partial charge on any atom is -0.384 e. The Hall–Kier alpha value is -1.07. The summed E-state index contributed by atoms with van der Waals surface area (Å²) < 4.78 is 6.70. The van der Waals surface area contributed by atoms with Gasteiger partial charge in [0.2, 0.25) is 0 Å². The van der Waals surface area contributed by atoms with Gasteiger partial charge in [-0.3, -0.25) is 5.41 Å². The largest absolute Gasteiger partial charge is 0.384 e. The van der Waals surface area contributed by atoms with Gasteiger partial charge in [-0.15, -0.1) is 0 Å². The molecule has 0 radical (unpaired) electrons. The van der Waals surface area contributed by atoms with Crippen molar-refractivity contribution in [3.8, 4) is 0 Å². The zero-order chi connectivity index (χ0) is 13.3. The minimum absolute atomic E-state index is 0.0989. The van der Waals surface area contributed by atoms with Crippen molar-refractivity contribution in [1.29, 1.82) is 5.41 Å². The van der Waals surface area contributed by atoms with Gasteiger partial charge < -0.3 is 15.4 Å². The molecule has 0 saturated carbocycles. The van der Waals surface area contributed by atoms with Gasteiger partial charge in [0.1, 0.15) is 5.84 Å². The number of rotatable bonds is 2. The van der Waals surface area contributed by atoms with E-state index in [2.05, 4.69) is 34.7 Å². The Morgan fingerprint density at radius 1 is 1.50 bits per heavy atom. The molecule has 1 aliphatic rings. The Labute approximate surface area is 116 Å². The molecule has 18 heavy (non-hydrogen) atoms. The molecular weight excluding hydrogens is 294 g/mol. The molecule has 4 nitrogen and oxygen atoms in total. The Kier molecular flexibility index (Phi) is 3.64. The van der Waals surface area contributed by atoms with Gasteiger partial charge >= 0.3 is 0 Å². The first-order valence-electron chi connectivity index (χ1n) is 5.92. The molecule has 5 heteroatoms. The molecule has 1 aliphatic heterocycles. The van der Waals surface area contributed by atoms with Gasteiger partial charge in [-0.25, -0.2) is 0 Å². The summed E-state index contributed by atoms with van der Waals surface area (Å²) in [6, 6.07) is 5.80. The maximum absolute atomic E-state index is 7.67. The summed E-state index contributed by atoms with van der Waals surface area (Å²) in [4.78, 5) is 2.23. The second kappa shape index (κ2) is 4.90. The normalized spacial score (nSPS) is 18.7. The molecule has 1 fully saturated rings. The van der Waals surface area contributed by atoms with E-state index in [-0.39, 0.29) is 11.4 Å². The fraction of sp³-hybridized carbons (Fsp3) is 0.462. The summed E-state index contributed by atoms with van der Waals surface area (Å²) >= 11 is 3.47. The fourth-order valence-corrected chi connectivity index (χ4v) is 2.57. The van der Waals surface area contributed by atoms with Gasteiger partial charge in [0.25, 0.3) is 0 Å². The third-order valence-electron chi connectivity index (χ3n) is 3.02. The maximum atomic E-state index is 7.67. The maximum Gasteiger partial charge on any atom is 0.124 e. The highest BCUT2D eigenvalue weighted by molar-refractivity contribution is 9.10.